The van der Waals surface area contributed by atoms with Crippen LogP contribution in [0.15, 0.2) is 18.2 Å². The Morgan fingerprint density at radius 2 is 2.35 bits per heavy atom. The van der Waals surface area contributed by atoms with Crippen LogP contribution in [0.2, 0.25) is 0 Å². The predicted molar refractivity (Wildman–Crippen MR) is 91.4 cm³/mol. The molecule has 23 heavy (non-hydrogen) atoms. The lowest BCUT2D eigenvalue weighted by Crippen LogP contribution is -2.55. The molecule has 4 nitrogen and oxygen atoms in total. The van der Waals surface area contributed by atoms with Crippen LogP contribution in [-0.4, -0.2) is 47.3 Å². The van der Waals surface area contributed by atoms with E-state index in [-0.39, 0.29) is 17.8 Å². The van der Waals surface area contributed by atoms with E-state index in [9.17, 15) is 14.3 Å². The van der Waals surface area contributed by atoms with Gasteiger partial charge in [-0.3, -0.25) is 4.79 Å². The molecule has 1 amide bonds. The monoisotopic (exact) mass is 338 g/mol. The molecule has 2 N–H and O–H groups in total. The van der Waals surface area contributed by atoms with Gasteiger partial charge in [-0.05, 0) is 49.6 Å². The van der Waals surface area contributed by atoms with E-state index in [2.05, 4.69) is 5.32 Å². The van der Waals surface area contributed by atoms with Crippen LogP contribution in [0.25, 0.3) is 0 Å². The van der Waals surface area contributed by atoms with Crippen molar-refractivity contribution in [1.82, 2.24) is 5.32 Å². The average molecular weight is 338 g/mol. The van der Waals surface area contributed by atoms with Crippen molar-refractivity contribution in [3.63, 3.8) is 0 Å². The summed E-state index contributed by atoms with van der Waals surface area (Å²) in [5, 5.41) is 13.3. The van der Waals surface area contributed by atoms with Gasteiger partial charge in [-0.1, -0.05) is 6.07 Å². The normalized spacial score (nSPS) is 28.0. The maximum absolute atomic E-state index is 14.1. The number of halogens is 1. The highest BCUT2D eigenvalue weighted by Crippen LogP contribution is 2.29. The lowest BCUT2D eigenvalue weighted by atomic mass is 9.99. The molecule has 0 saturated carbocycles. The second-order valence-corrected chi connectivity index (χ2v) is 7.65. The molecular formula is C17H23FN2O2S. The molecule has 0 radical (unpaired) electrons. The van der Waals surface area contributed by atoms with E-state index in [1.54, 1.807) is 17.8 Å². The summed E-state index contributed by atoms with van der Waals surface area (Å²) in [7, 11) is 0. The van der Waals surface area contributed by atoms with E-state index < -0.39 is 5.60 Å². The summed E-state index contributed by atoms with van der Waals surface area (Å²) < 4.78 is 14.1. The predicted octanol–water partition coefficient (Wildman–Crippen LogP) is 2.09. The average Bonchev–Trinajstić information content (AvgIpc) is 2.98. The van der Waals surface area contributed by atoms with E-state index in [0.717, 1.165) is 30.7 Å². The zero-order valence-corrected chi connectivity index (χ0v) is 14.2. The molecule has 2 saturated heterocycles. The Hall–Kier alpha value is -1.27. The number of amides is 1. The lowest BCUT2D eigenvalue weighted by Gasteiger charge is -2.36. The van der Waals surface area contributed by atoms with Crippen molar-refractivity contribution in [3.05, 3.63) is 29.6 Å². The fraction of sp³-hybridized carbons (Fsp3) is 0.588. The van der Waals surface area contributed by atoms with E-state index in [4.69, 9.17) is 0 Å². The van der Waals surface area contributed by atoms with E-state index >= 15 is 0 Å². The van der Waals surface area contributed by atoms with Crippen molar-refractivity contribution in [3.8, 4) is 0 Å². The Morgan fingerprint density at radius 3 is 3.09 bits per heavy atom. The first-order valence-corrected chi connectivity index (χ1v) is 9.26. The van der Waals surface area contributed by atoms with Crippen LogP contribution in [0, 0.1) is 12.7 Å². The van der Waals surface area contributed by atoms with Crippen LogP contribution < -0.4 is 10.2 Å². The van der Waals surface area contributed by atoms with Gasteiger partial charge < -0.3 is 15.3 Å². The van der Waals surface area contributed by atoms with Crippen LogP contribution >= 0.6 is 11.8 Å². The van der Waals surface area contributed by atoms with E-state index in [0.29, 0.717) is 24.4 Å². The molecule has 2 heterocycles. The maximum Gasteiger partial charge on any atom is 0.253 e. The molecule has 0 unspecified atom stereocenters. The van der Waals surface area contributed by atoms with E-state index in [1.807, 2.05) is 17.9 Å². The first-order valence-electron chi connectivity index (χ1n) is 8.10. The lowest BCUT2D eigenvalue weighted by molar-refractivity contribution is -0.138. The molecule has 2 aliphatic rings. The minimum atomic E-state index is -1.23. The van der Waals surface area contributed by atoms with Crippen LogP contribution in [0.1, 0.15) is 24.8 Å². The molecule has 6 heteroatoms. The number of anilines is 1. The molecule has 0 aromatic heterocycles. The molecule has 2 fully saturated rings. The molecule has 0 bridgehead atoms. The molecular weight excluding hydrogens is 315 g/mol. The van der Waals surface area contributed by atoms with Gasteiger partial charge in [-0.15, -0.1) is 0 Å². The summed E-state index contributed by atoms with van der Waals surface area (Å²) in [5.74, 6) is 0.768. The summed E-state index contributed by atoms with van der Waals surface area (Å²) in [4.78, 5) is 14.3. The van der Waals surface area contributed by atoms with Gasteiger partial charge in [0.15, 0.2) is 5.60 Å². The summed E-state index contributed by atoms with van der Waals surface area (Å²) in [6.45, 7) is 3.31. The minimum Gasteiger partial charge on any atom is -0.379 e. The van der Waals surface area contributed by atoms with Gasteiger partial charge in [0.1, 0.15) is 5.82 Å². The van der Waals surface area contributed by atoms with Crippen molar-refractivity contribution in [1.29, 1.82) is 0 Å². The van der Waals surface area contributed by atoms with Crippen molar-refractivity contribution >= 4 is 23.4 Å². The Labute approximate surface area is 140 Å². The summed E-state index contributed by atoms with van der Waals surface area (Å²) in [5.41, 5.74) is 0.380. The quantitative estimate of drug-likeness (QED) is 0.886. The third kappa shape index (κ3) is 3.63. The number of piperidine rings is 1. The Bertz CT molecular complexity index is 590. The Kier molecular flexibility index (Phi) is 4.82. The zero-order chi connectivity index (χ0) is 16.4. The van der Waals surface area contributed by atoms with Gasteiger partial charge in [0, 0.05) is 24.9 Å². The van der Waals surface area contributed by atoms with Crippen molar-refractivity contribution in [2.45, 2.75) is 37.8 Å². The fourth-order valence-electron chi connectivity index (χ4n) is 3.23. The summed E-state index contributed by atoms with van der Waals surface area (Å²) >= 11 is 1.60. The summed E-state index contributed by atoms with van der Waals surface area (Å²) in [6, 6.07) is 5.05. The number of hydrogen-bond donors (Lipinski definition) is 2. The molecule has 126 valence electrons. The first kappa shape index (κ1) is 16.6. The highest BCUT2D eigenvalue weighted by molar-refractivity contribution is 7.99. The van der Waals surface area contributed by atoms with Gasteiger partial charge >= 0.3 is 0 Å². The number of thioether (sulfide) groups is 1. The largest absolute Gasteiger partial charge is 0.379 e. The first-order chi connectivity index (χ1) is 11.0. The molecule has 3 rings (SSSR count). The Balaban J connectivity index is 1.66. The molecule has 0 spiro atoms. The molecule has 1 aromatic carbocycles. The second kappa shape index (κ2) is 6.69. The number of rotatable bonds is 3. The molecule has 0 aliphatic carbocycles. The van der Waals surface area contributed by atoms with Crippen molar-refractivity contribution < 1.29 is 14.3 Å². The smallest absolute Gasteiger partial charge is 0.253 e. The standard InChI is InChI=1S/C17H23FN2O2S/c1-12-4-5-14(18)15(9-12)20-7-2-3-13(10-20)19-16(21)17(22)6-8-23-11-17/h4-5,9,13,22H,2-3,6-8,10-11H2,1H3,(H,19,21)/t13-,17-/m1/s1. The van der Waals surface area contributed by atoms with Crippen molar-refractivity contribution in [2.24, 2.45) is 0 Å². The van der Waals surface area contributed by atoms with Crippen LogP contribution in [0.3, 0.4) is 0 Å². The topological polar surface area (TPSA) is 52.6 Å². The fourth-order valence-corrected chi connectivity index (χ4v) is 4.47. The molecule has 2 atom stereocenters. The highest BCUT2D eigenvalue weighted by Gasteiger charge is 2.40. The van der Waals surface area contributed by atoms with Crippen molar-refractivity contribution in [2.75, 3.05) is 29.5 Å². The number of carbonyl (C=O) groups excluding carboxylic acids is 1. The van der Waals surface area contributed by atoms with Crippen LogP contribution in [0.5, 0.6) is 0 Å². The van der Waals surface area contributed by atoms with Gasteiger partial charge in [0.2, 0.25) is 0 Å². The number of nitrogens with one attached hydrogen (secondary N) is 1. The molecule has 1 aromatic rings. The third-order valence-electron chi connectivity index (χ3n) is 4.62. The number of benzene rings is 1. The molecule has 2 aliphatic heterocycles. The van der Waals surface area contributed by atoms with Crippen LogP contribution in [-0.2, 0) is 4.79 Å². The zero-order valence-electron chi connectivity index (χ0n) is 13.3. The number of aryl methyl sites for hydroxylation is 1. The number of nitrogens with zero attached hydrogens (tertiary/aromatic N) is 1. The maximum atomic E-state index is 14.1. The van der Waals surface area contributed by atoms with E-state index in [1.165, 1.54) is 6.07 Å². The number of carbonyl (C=O) groups is 1. The summed E-state index contributed by atoms with van der Waals surface area (Å²) in [6.07, 6.45) is 2.26. The van der Waals surface area contributed by atoms with Crippen LogP contribution in [0.4, 0.5) is 10.1 Å². The third-order valence-corrected chi connectivity index (χ3v) is 5.80. The number of hydrogen-bond acceptors (Lipinski definition) is 4. The minimum absolute atomic E-state index is 0.0502. The highest BCUT2D eigenvalue weighted by atomic mass is 32.2. The van der Waals surface area contributed by atoms with Gasteiger partial charge in [-0.25, -0.2) is 4.39 Å². The van der Waals surface area contributed by atoms with Gasteiger partial charge in [-0.2, -0.15) is 11.8 Å². The SMILES string of the molecule is Cc1ccc(F)c(N2CCC[C@@H](NC(=O)[C@@]3(O)CCSC3)C2)c1. The second-order valence-electron chi connectivity index (χ2n) is 6.55. The Morgan fingerprint density at radius 1 is 1.52 bits per heavy atom. The van der Waals surface area contributed by atoms with Gasteiger partial charge in [0.25, 0.3) is 5.91 Å². The number of aliphatic hydroxyl groups is 1. The van der Waals surface area contributed by atoms with Gasteiger partial charge in [0.05, 0.1) is 5.69 Å².